The molecular weight excluding hydrogens is 364 g/mol. The number of methoxy groups -OCH3 is 1. The fraction of sp³-hybridized carbons (Fsp3) is 0.263. The molecule has 3 rings (SSSR count). The third kappa shape index (κ3) is 4.79. The van der Waals surface area contributed by atoms with Gasteiger partial charge in [-0.1, -0.05) is 23.8 Å². The second kappa shape index (κ2) is 8.43. The Bertz CT molecular complexity index is 1020. The minimum Gasteiger partial charge on any atom is -0.383 e. The number of aromatic nitrogens is 2. The van der Waals surface area contributed by atoms with Crippen LogP contribution in [0.15, 0.2) is 53.7 Å². The van der Waals surface area contributed by atoms with Gasteiger partial charge in [0.05, 0.1) is 17.0 Å². The first-order valence-electron chi connectivity index (χ1n) is 8.52. The maximum absolute atomic E-state index is 12.2. The Morgan fingerprint density at radius 3 is 2.59 bits per heavy atom. The topological polar surface area (TPSA) is 93.2 Å². The monoisotopic (exact) mass is 386 g/mol. The van der Waals surface area contributed by atoms with Gasteiger partial charge >= 0.3 is 0 Å². The van der Waals surface area contributed by atoms with Crippen molar-refractivity contribution in [1.82, 2.24) is 14.7 Å². The van der Waals surface area contributed by atoms with Crippen molar-refractivity contribution >= 4 is 26.7 Å². The number of benzene rings is 2. The Hall–Kier alpha value is -2.55. The number of ether oxygens (including phenoxy) is 1. The number of hydrogen-bond acceptors (Lipinski definition) is 6. The van der Waals surface area contributed by atoms with Crippen molar-refractivity contribution in [2.24, 2.45) is 0 Å². The predicted molar refractivity (Wildman–Crippen MR) is 105 cm³/mol. The molecule has 0 radical (unpaired) electrons. The second-order valence-electron chi connectivity index (χ2n) is 6.13. The minimum atomic E-state index is -3.52. The van der Waals surface area contributed by atoms with Gasteiger partial charge in [-0.25, -0.2) is 23.1 Å². The molecule has 142 valence electrons. The van der Waals surface area contributed by atoms with E-state index in [4.69, 9.17) is 4.74 Å². The van der Waals surface area contributed by atoms with E-state index < -0.39 is 10.0 Å². The molecule has 0 spiro atoms. The van der Waals surface area contributed by atoms with E-state index >= 15 is 0 Å². The number of sulfonamides is 1. The maximum atomic E-state index is 12.2. The molecule has 0 aliphatic rings. The molecule has 2 aromatic carbocycles. The van der Waals surface area contributed by atoms with Crippen LogP contribution < -0.4 is 10.0 Å². The van der Waals surface area contributed by atoms with Crippen molar-refractivity contribution in [3.05, 3.63) is 59.9 Å². The molecule has 0 atom stereocenters. The summed E-state index contributed by atoms with van der Waals surface area (Å²) in [6.07, 6.45) is 1.53. The third-order valence-corrected chi connectivity index (χ3v) is 5.56. The molecule has 8 heteroatoms. The highest BCUT2D eigenvalue weighted by atomic mass is 32.2. The van der Waals surface area contributed by atoms with Gasteiger partial charge in [-0.2, -0.15) is 0 Å². The van der Waals surface area contributed by atoms with E-state index in [9.17, 15) is 8.42 Å². The molecular formula is C19H22N4O3S. The van der Waals surface area contributed by atoms with Gasteiger partial charge in [-0.05, 0) is 36.8 Å². The van der Waals surface area contributed by atoms with E-state index in [0.29, 0.717) is 13.2 Å². The van der Waals surface area contributed by atoms with E-state index in [-0.39, 0.29) is 11.4 Å². The fourth-order valence-electron chi connectivity index (χ4n) is 2.65. The predicted octanol–water partition coefficient (Wildman–Crippen LogP) is 2.48. The highest BCUT2D eigenvalue weighted by molar-refractivity contribution is 7.89. The molecule has 1 heterocycles. The Labute approximate surface area is 158 Å². The highest BCUT2D eigenvalue weighted by Crippen LogP contribution is 2.21. The van der Waals surface area contributed by atoms with Crippen LogP contribution in [0.2, 0.25) is 0 Å². The Morgan fingerprint density at radius 1 is 1.07 bits per heavy atom. The van der Waals surface area contributed by atoms with Crippen LogP contribution in [0.4, 0.5) is 5.82 Å². The van der Waals surface area contributed by atoms with E-state index in [1.165, 1.54) is 13.4 Å². The molecule has 0 saturated carbocycles. The molecule has 0 aliphatic carbocycles. The number of rotatable bonds is 8. The van der Waals surface area contributed by atoms with Crippen molar-refractivity contribution in [1.29, 1.82) is 0 Å². The quantitative estimate of drug-likeness (QED) is 0.578. The Morgan fingerprint density at radius 2 is 1.85 bits per heavy atom. The van der Waals surface area contributed by atoms with Crippen molar-refractivity contribution in [3.63, 3.8) is 0 Å². The first-order chi connectivity index (χ1) is 13.0. The number of aryl methyl sites for hydroxylation is 1. The van der Waals surface area contributed by atoms with Gasteiger partial charge in [0.2, 0.25) is 10.0 Å². The SMILES string of the molecule is COCCNS(=O)(=O)c1ccc(CNc2ncnc3ccc(C)cc23)cc1. The average Bonchev–Trinajstić information content (AvgIpc) is 2.67. The van der Waals surface area contributed by atoms with Gasteiger partial charge in [0.1, 0.15) is 12.1 Å². The zero-order valence-electron chi connectivity index (χ0n) is 15.3. The smallest absolute Gasteiger partial charge is 0.240 e. The number of fused-ring (bicyclic) bond motifs is 1. The van der Waals surface area contributed by atoms with Gasteiger partial charge in [0, 0.05) is 25.6 Å². The third-order valence-electron chi connectivity index (χ3n) is 4.08. The van der Waals surface area contributed by atoms with Gasteiger partial charge in [0.15, 0.2) is 0 Å². The highest BCUT2D eigenvalue weighted by Gasteiger charge is 2.13. The van der Waals surface area contributed by atoms with E-state index in [0.717, 1.165) is 27.8 Å². The Kier molecular flexibility index (Phi) is 6.00. The summed E-state index contributed by atoms with van der Waals surface area (Å²) in [5, 5.41) is 4.26. The lowest BCUT2D eigenvalue weighted by molar-refractivity contribution is 0.204. The van der Waals surface area contributed by atoms with Crippen molar-refractivity contribution < 1.29 is 13.2 Å². The molecule has 0 unspecified atom stereocenters. The molecule has 0 saturated heterocycles. The van der Waals surface area contributed by atoms with Crippen LogP contribution in [0.5, 0.6) is 0 Å². The maximum Gasteiger partial charge on any atom is 0.240 e. The van der Waals surface area contributed by atoms with Crippen LogP contribution in [0.3, 0.4) is 0 Å². The largest absolute Gasteiger partial charge is 0.383 e. The standard InChI is InChI=1S/C19H22N4O3S/c1-14-3-8-18-17(11-14)19(22-13-21-18)20-12-15-4-6-16(7-5-15)27(24,25)23-9-10-26-2/h3-8,11,13,23H,9-10,12H2,1-2H3,(H,20,21,22). The Balaban J connectivity index is 1.70. The molecule has 7 nitrogen and oxygen atoms in total. The molecule has 1 aromatic heterocycles. The minimum absolute atomic E-state index is 0.227. The van der Waals surface area contributed by atoms with E-state index in [2.05, 4.69) is 20.0 Å². The molecule has 0 bridgehead atoms. The van der Waals surface area contributed by atoms with Gasteiger partial charge < -0.3 is 10.1 Å². The summed E-state index contributed by atoms with van der Waals surface area (Å²) in [6, 6.07) is 12.8. The molecule has 0 amide bonds. The number of anilines is 1. The van der Waals surface area contributed by atoms with Crippen LogP contribution in [0.25, 0.3) is 10.9 Å². The summed E-state index contributed by atoms with van der Waals surface area (Å²) >= 11 is 0. The molecule has 0 aliphatic heterocycles. The lowest BCUT2D eigenvalue weighted by Crippen LogP contribution is -2.27. The van der Waals surface area contributed by atoms with Crippen LogP contribution >= 0.6 is 0 Å². The van der Waals surface area contributed by atoms with Crippen LogP contribution in [0.1, 0.15) is 11.1 Å². The van der Waals surface area contributed by atoms with Crippen LogP contribution in [-0.4, -0.2) is 38.6 Å². The van der Waals surface area contributed by atoms with Crippen molar-refractivity contribution in [2.75, 3.05) is 25.6 Å². The number of hydrogen-bond donors (Lipinski definition) is 2. The molecule has 27 heavy (non-hydrogen) atoms. The van der Waals surface area contributed by atoms with Gasteiger partial charge in [0.25, 0.3) is 0 Å². The van der Waals surface area contributed by atoms with Gasteiger partial charge in [-0.15, -0.1) is 0 Å². The van der Waals surface area contributed by atoms with Crippen LogP contribution in [-0.2, 0) is 21.3 Å². The summed E-state index contributed by atoms with van der Waals surface area (Å²) in [5.41, 5.74) is 2.96. The first-order valence-corrected chi connectivity index (χ1v) is 10.0. The zero-order valence-corrected chi connectivity index (χ0v) is 16.1. The molecule has 3 aromatic rings. The number of nitrogens with zero attached hydrogens (tertiary/aromatic N) is 2. The average molecular weight is 386 g/mol. The number of nitrogens with one attached hydrogen (secondary N) is 2. The summed E-state index contributed by atoms with van der Waals surface area (Å²) in [4.78, 5) is 8.82. The van der Waals surface area contributed by atoms with Crippen molar-refractivity contribution in [2.45, 2.75) is 18.4 Å². The first kappa shape index (κ1) is 19.2. The van der Waals surface area contributed by atoms with Gasteiger partial charge in [-0.3, -0.25) is 0 Å². The lowest BCUT2D eigenvalue weighted by Gasteiger charge is -2.10. The summed E-state index contributed by atoms with van der Waals surface area (Å²) in [6.45, 7) is 3.11. The van der Waals surface area contributed by atoms with E-state index in [1.54, 1.807) is 24.3 Å². The molecule has 2 N–H and O–H groups in total. The summed E-state index contributed by atoms with van der Waals surface area (Å²) in [5.74, 6) is 0.752. The summed E-state index contributed by atoms with van der Waals surface area (Å²) in [7, 11) is -1.99. The summed E-state index contributed by atoms with van der Waals surface area (Å²) < 4.78 is 31.7. The van der Waals surface area contributed by atoms with Crippen molar-refractivity contribution in [3.8, 4) is 0 Å². The van der Waals surface area contributed by atoms with Crippen LogP contribution in [0, 0.1) is 6.92 Å². The molecule has 0 fully saturated rings. The fourth-order valence-corrected chi connectivity index (χ4v) is 3.66. The lowest BCUT2D eigenvalue weighted by atomic mass is 10.1. The normalized spacial score (nSPS) is 11.6. The zero-order chi connectivity index (χ0) is 19.3. The van der Waals surface area contributed by atoms with E-state index in [1.807, 2.05) is 25.1 Å². The second-order valence-corrected chi connectivity index (χ2v) is 7.90.